The monoisotopic (exact) mass is 463 g/mol. The van der Waals surface area contributed by atoms with Crippen LogP contribution in [0, 0.1) is 46.3 Å². The minimum absolute atomic E-state index is 0.0344. The molecule has 0 bridgehead atoms. The van der Waals surface area contributed by atoms with Gasteiger partial charge in [-0.05, 0) is 104 Å². The molecule has 0 aromatic carbocycles. The standard InChI is InChI=1S/C27H45NO5/c1-16(4-7-23(31)28-13-10-24(32)33)19-5-6-20-25-21(9-12-27(19,20)3)26(2)11-8-18(29)14-17(26)15-22(25)30/h16-22,25,29-30H,4-15H2,1-3H3,(H,28,31)(H,32,33). The number of rotatable bonds is 7. The van der Waals surface area contributed by atoms with Crippen molar-refractivity contribution in [1.29, 1.82) is 0 Å². The van der Waals surface area contributed by atoms with Crippen molar-refractivity contribution in [3.63, 3.8) is 0 Å². The molecule has 0 saturated heterocycles. The minimum Gasteiger partial charge on any atom is -0.481 e. The molecule has 188 valence electrons. The second kappa shape index (κ2) is 9.49. The largest absolute Gasteiger partial charge is 0.481 e. The van der Waals surface area contributed by atoms with E-state index in [0.717, 1.165) is 32.1 Å². The molecule has 0 heterocycles. The highest BCUT2D eigenvalue weighted by Gasteiger charge is 2.62. The summed E-state index contributed by atoms with van der Waals surface area (Å²) < 4.78 is 0. The van der Waals surface area contributed by atoms with Gasteiger partial charge < -0.3 is 20.6 Å². The van der Waals surface area contributed by atoms with E-state index in [-0.39, 0.29) is 41.9 Å². The van der Waals surface area contributed by atoms with Gasteiger partial charge in [0.25, 0.3) is 0 Å². The molecule has 0 aromatic rings. The van der Waals surface area contributed by atoms with Gasteiger partial charge in [0.1, 0.15) is 0 Å². The van der Waals surface area contributed by atoms with Crippen molar-refractivity contribution < 1.29 is 24.9 Å². The molecule has 6 heteroatoms. The predicted molar refractivity (Wildman–Crippen MR) is 126 cm³/mol. The Morgan fingerprint density at radius 1 is 0.970 bits per heavy atom. The average molecular weight is 464 g/mol. The van der Waals surface area contributed by atoms with Crippen LogP contribution in [0.2, 0.25) is 0 Å². The van der Waals surface area contributed by atoms with E-state index >= 15 is 0 Å². The highest BCUT2D eigenvalue weighted by atomic mass is 16.4. The van der Waals surface area contributed by atoms with E-state index in [0.29, 0.717) is 41.9 Å². The van der Waals surface area contributed by atoms with Crippen molar-refractivity contribution in [2.24, 2.45) is 46.3 Å². The summed E-state index contributed by atoms with van der Waals surface area (Å²) in [5.74, 6) is 2.00. The van der Waals surface area contributed by atoms with Crippen LogP contribution in [-0.4, -0.2) is 45.9 Å². The molecule has 0 aliphatic heterocycles. The van der Waals surface area contributed by atoms with Crippen molar-refractivity contribution in [2.45, 2.75) is 104 Å². The molecule has 10 atom stereocenters. The second-order valence-corrected chi connectivity index (χ2v) is 12.5. The van der Waals surface area contributed by atoms with Crippen LogP contribution in [0.3, 0.4) is 0 Å². The average Bonchev–Trinajstić information content (AvgIpc) is 3.10. The molecule has 4 rings (SSSR count). The number of carboxylic acid groups (broad SMARTS) is 1. The zero-order valence-electron chi connectivity index (χ0n) is 20.8. The molecule has 10 unspecified atom stereocenters. The SMILES string of the molecule is CC(CCC(=O)NCCC(=O)O)C1CCC2C3C(O)CC4CC(O)CCC4(C)C3CCC12C. The number of hydrogen-bond acceptors (Lipinski definition) is 4. The van der Waals surface area contributed by atoms with Crippen LogP contribution in [-0.2, 0) is 9.59 Å². The van der Waals surface area contributed by atoms with Gasteiger partial charge >= 0.3 is 5.97 Å². The molecular formula is C27H45NO5. The number of amides is 1. The molecule has 4 aliphatic rings. The van der Waals surface area contributed by atoms with Gasteiger partial charge in [0.05, 0.1) is 18.6 Å². The highest BCUT2D eigenvalue weighted by molar-refractivity contribution is 5.76. The van der Waals surface area contributed by atoms with E-state index in [1.165, 1.54) is 25.7 Å². The third-order valence-corrected chi connectivity index (χ3v) is 10.9. The number of carbonyl (C=O) groups excluding carboxylic acids is 1. The van der Waals surface area contributed by atoms with E-state index in [2.05, 4.69) is 26.1 Å². The zero-order chi connectivity index (χ0) is 24.0. The van der Waals surface area contributed by atoms with Crippen molar-refractivity contribution in [1.82, 2.24) is 5.32 Å². The second-order valence-electron chi connectivity index (χ2n) is 12.5. The van der Waals surface area contributed by atoms with Gasteiger partial charge in [0, 0.05) is 13.0 Å². The van der Waals surface area contributed by atoms with E-state index in [9.17, 15) is 19.8 Å². The lowest BCUT2D eigenvalue weighted by Crippen LogP contribution is -2.58. The van der Waals surface area contributed by atoms with Crippen LogP contribution < -0.4 is 5.32 Å². The Labute approximate surface area is 198 Å². The lowest BCUT2D eigenvalue weighted by Gasteiger charge is -2.62. The van der Waals surface area contributed by atoms with E-state index in [4.69, 9.17) is 5.11 Å². The summed E-state index contributed by atoms with van der Waals surface area (Å²) in [6, 6.07) is 0. The Hall–Kier alpha value is -1.14. The Balaban J connectivity index is 1.40. The normalized spacial score (nSPS) is 45.4. The summed E-state index contributed by atoms with van der Waals surface area (Å²) >= 11 is 0. The molecule has 6 nitrogen and oxygen atoms in total. The van der Waals surface area contributed by atoms with Crippen LogP contribution in [0.4, 0.5) is 0 Å². The summed E-state index contributed by atoms with van der Waals surface area (Å²) in [5, 5.41) is 33.1. The number of carboxylic acids is 1. The minimum atomic E-state index is -0.890. The van der Waals surface area contributed by atoms with Gasteiger partial charge in [-0.3, -0.25) is 9.59 Å². The van der Waals surface area contributed by atoms with Crippen LogP contribution in [0.1, 0.15) is 91.4 Å². The van der Waals surface area contributed by atoms with Gasteiger partial charge in [0.2, 0.25) is 5.91 Å². The first-order chi connectivity index (χ1) is 15.6. The maximum atomic E-state index is 12.2. The maximum absolute atomic E-state index is 12.2. The van der Waals surface area contributed by atoms with Crippen LogP contribution >= 0.6 is 0 Å². The van der Waals surface area contributed by atoms with Crippen molar-refractivity contribution in [2.75, 3.05) is 6.54 Å². The molecule has 4 aliphatic carbocycles. The van der Waals surface area contributed by atoms with Gasteiger partial charge in [-0.1, -0.05) is 20.8 Å². The van der Waals surface area contributed by atoms with Gasteiger partial charge in [-0.2, -0.15) is 0 Å². The molecular weight excluding hydrogens is 418 g/mol. The topological polar surface area (TPSA) is 107 Å². The third kappa shape index (κ3) is 4.59. The summed E-state index contributed by atoms with van der Waals surface area (Å²) in [6.45, 7) is 7.39. The molecule has 4 N–H and O–H groups in total. The molecule has 4 saturated carbocycles. The summed E-state index contributed by atoms with van der Waals surface area (Å²) in [5.41, 5.74) is 0.473. The maximum Gasteiger partial charge on any atom is 0.305 e. The molecule has 0 aromatic heterocycles. The van der Waals surface area contributed by atoms with Crippen molar-refractivity contribution in [3.05, 3.63) is 0 Å². The number of aliphatic hydroxyl groups is 2. The number of carbonyl (C=O) groups is 2. The summed E-state index contributed by atoms with van der Waals surface area (Å²) in [7, 11) is 0. The number of aliphatic hydroxyl groups excluding tert-OH is 2. The molecule has 0 radical (unpaired) electrons. The first-order valence-corrected chi connectivity index (χ1v) is 13.4. The lowest BCUT2D eigenvalue weighted by atomic mass is 9.43. The predicted octanol–water partition coefficient (Wildman–Crippen LogP) is 3.98. The first kappa shape index (κ1) is 25.0. The number of hydrogen-bond donors (Lipinski definition) is 4. The molecule has 4 fully saturated rings. The number of nitrogens with one attached hydrogen (secondary N) is 1. The fraction of sp³-hybridized carbons (Fsp3) is 0.926. The van der Waals surface area contributed by atoms with Crippen LogP contribution in [0.15, 0.2) is 0 Å². The fourth-order valence-electron chi connectivity index (χ4n) is 9.13. The molecule has 33 heavy (non-hydrogen) atoms. The van der Waals surface area contributed by atoms with Crippen LogP contribution in [0.5, 0.6) is 0 Å². The van der Waals surface area contributed by atoms with E-state index in [1.807, 2.05) is 0 Å². The Morgan fingerprint density at radius 2 is 1.67 bits per heavy atom. The quantitative estimate of drug-likeness (QED) is 0.457. The van der Waals surface area contributed by atoms with Crippen LogP contribution in [0.25, 0.3) is 0 Å². The first-order valence-electron chi connectivity index (χ1n) is 13.4. The number of aliphatic carboxylic acids is 1. The van der Waals surface area contributed by atoms with Gasteiger partial charge in [0.15, 0.2) is 0 Å². The smallest absolute Gasteiger partial charge is 0.305 e. The van der Waals surface area contributed by atoms with Crippen molar-refractivity contribution >= 4 is 11.9 Å². The fourth-order valence-corrected chi connectivity index (χ4v) is 9.13. The van der Waals surface area contributed by atoms with Gasteiger partial charge in [-0.25, -0.2) is 0 Å². The van der Waals surface area contributed by atoms with Crippen molar-refractivity contribution in [3.8, 4) is 0 Å². The Morgan fingerprint density at radius 3 is 2.39 bits per heavy atom. The van der Waals surface area contributed by atoms with Gasteiger partial charge in [-0.15, -0.1) is 0 Å². The zero-order valence-corrected chi connectivity index (χ0v) is 20.8. The molecule has 0 spiro atoms. The van der Waals surface area contributed by atoms with E-state index in [1.54, 1.807) is 0 Å². The summed E-state index contributed by atoms with van der Waals surface area (Å²) in [6.07, 6.45) is 9.24. The highest BCUT2D eigenvalue weighted by Crippen LogP contribution is 2.68. The third-order valence-electron chi connectivity index (χ3n) is 10.9. The van der Waals surface area contributed by atoms with E-state index < -0.39 is 5.97 Å². The lowest BCUT2D eigenvalue weighted by molar-refractivity contribution is -0.174. The Kier molecular flexibility index (Phi) is 7.18. The summed E-state index contributed by atoms with van der Waals surface area (Å²) in [4.78, 5) is 22.8. The number of fused-ring (bicyclic) bond motifs is 5. The Bertz CT molecular complexity index is 742. The molecule has 1 amide bonds.